The highest BCUT2D eigenvalue weighted by atomic mass is 15.0. The lowest BCUT2D eigenvalue weighted by Gasteiger charge is -2.12. The van der Waals surface area contributed by atoms with Gasteiger partial charge in [0.25, 0.3) is 0 Å². The molecule has 0 saturated heterocycles. The molecule has 0 fully saturated rings. The molecule has 2 heterocycles. The van der Waals surface area contributed by atoms with Crippen LogP contribution >= 0.6 is 0 Å². The highest BCUT2D eigenvalue weighted by Crippen LogP contribution is 2.37. The number of aromatic nitrogens is 2. The largest absolute Gasteiger partial charge is 0.309 e. The van der Waals surface area contributed by atoms with Crippen molar-refractivity contribution < 1.29 is 20.6 Å². The molecule has 8 aromatic rings. The van der Waals surface area contributed by atoms with Crippen LogP contribution in [-0.4, -0.2) is 9.13 Å². The number of para-hydroxylation sites is 3. The lowest BCUT2D eigenvalue weighted by molar-refractivity contribution is 1.15. The number of fused-ring (bicyclic) bond motifs is 6. The molecule has 8 rings (SSSR count). The van der Waals surface area contributed by atoms with Gasteiger partial charge in [0, 0.05) is 32.9 Å². The van der Waals surface area contributed by atoms with Crippen LogP contribution in [0.1, 0.15) is 20.6 Å². The van der Waals surface area contributed by atoms with Crippen LogP contribution in [0.3, 0.4) is 0 Å². The van der Waals surface area contributed by atoms with Crippen molar-refractivity contribution in [3.8, 4) is 22.5 Å². The smallest absolute Gasteiger partial charge is 0.0667 e. The van der Waals surface area contributed by atoms with Gasteiger partial charge in [-0.3, -0.25) is 0 Å². The molecule has 38 heavy (non-hydrogen) atoms. The fraction of sp³-hybridized carbons (Fsp3) is 0. The van der Waals surface area contributed by atoms with Gasteiger partial charge in [0.15, 0.2) is 0 Å². The summed E-state index contributed by atoms with van der Waals surface area (Å²) in [6, 6.07) is 7.21. The number of rotatable bonds is 3. The van der Waals surface area contributed by atoms with Crippen molar-refractivity contribution in [2.75, 3.05) is 0 Å². The summed E-state index contributed by atoms with van der Waals surface area (Å²) < 4.78 is 135. The van der Waals surface area contributed by atoms with Crippen LogP contribution in [0, 0.1) is 0 Å². The van der Waals surface area contributed by atoms with Crippen molar-refractivity contribution in [1.29, 1.82) is 0 Å². The molecule has 0 unspecified atom stereocenters. The summed E-state index contributed by atoms with van der Waals surface area (Å²) in [6.07, 6.45) is 0. The number of hydrogen-bond donors (Lipinski definition) is 0. The van der Waals surface area contributed by atoms with Gasteiger partial charge < -0.3 is 9.13 Å². The topological polar surface area (TPSA) is 9.86 Å². The molecular weight excluding hydrogens is 460 g/mol. The van der Waals surface area contributed by atoms with Crippen LogP contribution < -0.4 is 0 Å². The summed E-state index contributed by atoms with van der Waals surface area (Å²) in [4.78, 5) is 0. The third-order valence-electron chi connectivity index (χ3n) is 6.61. The molecule has 178 valence electrons. The Bertz CT molecular complexity index is 2870. The molecule has 0 N–H and O–H groups in total. The fourth-order valence-electron chi connectivity index (χ4n) is 4.97. The van der Waals surface area contributed by atoms with E-state index in [4.69, 9.17) is 16.4 Å². The van der Waals surface area contributed by atoms with Gasteiger partial charge in [0.05, 0.1) is 42.6 Å². The van der Waals surface area contributed by atoms with Crippen LogP contribution in [0.4, 0.5) is 0 Å². The van der Waals surface area contributed by atoms with Crippen molar-refractivity contribution in [1.82, 2.24) is 9.13 Å². The molecule has 2 aromatic heterocycles. The lowest BCUT2D eigenvalue weighted by atomic mass is 10.1. The Balaban J connectivity index is 1.66. The predicted octanol–water partition coefficient (Wildman–Crippen LogP) is 9.55. The molecule has 0 aliphatic carbocycles. The van der Waals surface area contributed by atoms with Crippen LogP contribution in [-0.2, 0) is 0 Å². The molecule has 0 bridgehead atoms. The van der Waals surface area contributed by atoms with Crippen molar-refractivity contribution in [2.45, 2.75) is 0 Å². The van der Waals surface area contributed by atoms with Crippen LogP contribution in [0.2, 0.25) is 0 Å². The SMILES string of the molecule is [2H]c1c([2H])c([2H])c2c(c1[2H])c1c([2H])c([2H])c(-n3c4c([2H])c([2H])c([2H])c([2H])c4c4c([2H])c([2H])c([2H])c([2H])c43)c([2H])c1n2-c1cccc(-c2ccccc2)c1. The minimum atomic E-state index is -0.692. The second kappa shape index (κ2) is 8.22. The molecule has 0 aliphatic heterocycles. The van der Waals surface area contributed by atoms with E-state index in [0.717, 1.165) is 15.7 Å². The molecule has 0 radical (unpaired) electrons. The molecule has 0 amide bonds. The van der Waals surface area contributed by atoms with Gasteiger partial charge in [-0.25, -0.2) is 0 Å². The maximum Gasteiger partial charge on any atom is 0.0667 e. The standard InChI is InChI=1S/C36H24N2/c1-2-11-25(12-3-1)26-13-10-14-27(23-26)38-35-20-9-6-17-31(35)32-22-21-28(24-36(32)38)37-33-18-7-4-15-29(33)30-16-5-8-19-34(30)37/h1-24H/i4D,5D,6D,7D,8D,9D,15D,16D,17D,18D,19D,20D,21D,22D,24D. The van der Waals surface area contributed by atoms with Crippen LogP contribution in [0.15, 0.2) is 145 Å². The highest BCUT2D eigenvalue weighted by molar-refractivity contribution is 6.12. The first-order valence-electron chi connectivity index (χ1n) is 19.3. The first-order valence-corrected chi connectivity index (χ1v) is 11.8. The quantitative estimate of drug-likeness (QED) is 0.229. The van der Waals surface area contributed by atoms with Gasteiger partial charge in [0.1, 0.15) is 0 Å². The second-order valence-electron chi connectivity index (χ2n) is 8.71. The predicted molar refractivity (Wildman–Crippen MR) is 161 cm³/mol. The maximum absolute atomic E-state index is 9.79. The van der Waals surface area contributed by atoms with Gasteiger partial charge >= 0.3 is 0 Å². The number of benzene rings is 6. The van der Waals surface area contributed by atoms with Gasteiger partial charge in [-0.1, -0.05) is 103 Å². The molecule has 2 nitrogen and oxygen atoms in total. The first kappa shape index (κ1) is 11.1. The summed E-state index contributed by atoms with van der Waals surface area (Å²) >= 11 is 0. The number of nitrogens with zero attached hydrogens (tertiary/aromatic N) is 2. The molecule has 0 saturated carbocycles. The Morgan fingerprint density at radius 3 is 1.58 bits per heavy atom. The first-order chi connectivity index (χ1) is 25.1. The molecule has 0 atom stereocenters. The van der Waals surface area contributed by atoms with Crippen molar-refractivity contribution >= 4 is 43.6 Å². The van der Waals surface area contributed by atoms with E-state index in [-0.39, 0.29) is 43.6 Å². The van der Waals surface area contributed by atoms with Crippen molar-refractivity contribution in [2.24, 2.45) is 0 Å². The van der Waals surface area contributed by atoms with Gasteiger partial charge in [-0.05, 0) is 53.5 Å². The lowest BCUT2D eigenvalue weighted by Crippen LogP contribution is -1.97. The third-order valence-corrected chi connectivity index (χ3v) is 6.61. The molecule has 0 spiro atoms. The molecule has 0 aliphatic rings. The highest BCUT2D eigenvalue weighted by Gasteiger charge is 2.16. The van der Waals surface area contributed by atoms with Gasteiger partial charge in [0.2, 0.25) is 0 Å². The Kier molecular flexibility index (Phi) is 2.41. The van der Waals surface area contributed by atoms with E-state index in [0.29, 0.717) is 5.69 Å². The van der Waals surface area contributed by atoms with Crippen LogP contribution in [0.25, 0.3) is 66.1 Å². The Morgan fingerprint density at radius 1 is 0.421 bits per heavy atom. The maximum atomic E-state index is 9.79. The minimum absolute atomic E-state index is 0.0687. The van der Waals surface area contributed by atoms with E-state index in [1.54, 1.807) is 18.2 Å². The second-order valence-corrected chi connectivity index (χ2v) is 8.71. The minimum Gasteiger partial charge on any atom is -0.309 e. The summed E-state index contributed by atoms with van der Waals surface area (Å²) in [5, 5.41) is -0.778. The summed E-state index contributed by atoms with van der Waals surface area (Å²) in [5.74, 6) is 0. The fourth-order valence-corrected chi connectivity index (χ4v) is 4.97. The zero-order valence-corrected chi connectivity index (χ0v) is 19.6. The van der Waals surface area contributed by atoms with Crippen molar-refractivity contribution in [3.05, 3.63) is 145 Å². The summed E-state index contributed by atoms with van der Waals surface area (Å²) in [7, 11) is 0. The Hall–Kier alpha value is -5.08. The van der Waals surface area contributed by atoms with Crippen molar-refractivity contribution in [3.63, 3.8) is 0 Å². The average Bonchev–Trinajstić information content (AvgIpc) is 3.71. The van der Waals surface area contributed by atoms with E-state index < -0.39 is 96.3 Å². The zero-order chi connectivity index (χ0) is 38.1. The van der Waals surface area contributed by atoms with E-state index in [1.807, 2.05) is 36.4 Å². The van der Waals surface area contributed by atoms with Crippen LogP contribution in [0.5, 0.6) is 0 Å². The van der Waals surface area contributed by atoms with E-state index in [9.17, 15) is 4.11 Å². The average molecular weight is 500 g/mol. The third kappa shape index (κ3) is 3.07. The van der Waals surface area contributed by atoms with E-state index in [1.165, 1.54) is 4.57 Å². The molecule has 2 heteroatoms. The molecule has 6 aromatic carbocycles. The Morgan fingerprint density at radius 2 is 0.947 bits per heavy atom. The normalized spacial score (nSPS) is 17.2. The van der Waals surface area contributed by atoms with Gasteiger partial charge in [-0.2, -0.15) is 0 Å². The molecular formula is C36H24N2. The van der Waals surface area contributed by atoms with E-state index >= 15 is 0 Å². The number of hydrogen-bond acceptors (Lipinski definition) is 0. The monoisotopic (exact) mass is 499 g/mol. The summed E-state index contributed by atoms with van der Waals surface area (Å²) in [6.45, 7) is 0. The van der Waals surface area contributed by atoms with E-state index in [2.05, 4.69) is 0 Å². The zero-order valence-electron chi connectivity index (χ0n) is 34.6. The van der Waals surface area contributed by atoms with Gasteiger partial charge in [-0.15, -0.1) is 0 Å². The Labute approximate surface area is 241 Å². The summed E-state index contributed by atoms with van der Waals surface area (Å²) in [5.41, 5.74) is 0.588.